The van der Waals surface area contributed by atoms with Crippen LogP contribution in [0.1, 0.15) is 6.92 Å². The average Bonchev–Trinajstić information content (AvgIpc) is 1.82. The van der Waals surface area contributed by atoms with E-state index in [1.54, 1.807) is 20.0 Å². The molecule has 3 nitrogen and oxygen atoms in total. The number of hydrogen-bond acceptors (Lipinski definition) is 3. The molecule has 0 saturated heterocycles. The first-order valence-electron chi connectivity index (χ1n) is 2.71. The highest BCUT2D eigenvalue weighted by Crippen LogP contribution is 1.83. The molecule has 0 atom stereocenters. The van der Waals surface area contributed by atoms with Crippen molar-refractivity contribution in [3.63, 3.8) is 0 Å². The molecule has 0 aromatic carbocycles. The fraction of sp³-hybridized carbons (Fsp3) is 0.500. The maximum absolute atomic E-state index is 8.54. The second-order valence-corrected chi connectivity index (χ2v) is 1.76. The Morgan fingerprint density at radius 2 is 2.33 bits per heavy atom. The molecule has 0 saturated carbocycles. The summed E-state index contributed by atoms with van der Waals surface area (Å²) < 4.78 is 0. The highest BCUT2D eigenvalue weighted by molar-refractivity contribution is 5.96. The molecule has 3 N–H and O–H groups in total. The molecule has 3 heteroatoms. The van der Waals surface area contributed by atoms with E-state index in [9.17, 15) is 0 Å². The van der Waals surface area contributed by atoms with Crippen molar-refractivity contribution in [2.45, 2.75) is 6.92 Å². The Balaban J connectivity index is 4.01. The van der Waals surface area contributed by atoms with Crippen molar-refractivity contribution in [2.24, 2.45) is 10.7 Å². The summed E-state index contributed by atoms with van der Waals surface area (Å²) in [6.07, 6.45) is 1.64. The molecule has 0 heterocycles. The van der Waals surface area contributed by atoms with Crippen molar-refractivity contribution in [3.05, 3.63) is 11.8 Å². The minimum atomic E-state index is -0.0506. The molecule has 0 aromatic rings. The summed E-state index contributed by atoms with van der Waals surface area (Å²) in [7, 11) is 1.62. The van der Waals surface area contributed by atoms with Gasteiger partial charge in [0.1, 0.15) is 0 Å². The molecule has 9 heavy (non-hydrogen) atoms. The number of allylic oxidation sites excluding steroid dienone is 1. The molecule has 0 rings (SSSR count). The van der Waals surface area contributed by atoms with Crippen LogP contribution in [0.4, 0.5) is 0 Å². The molecule has 0 fully saturated rings. The number of aliphatic hydroxyl groups is 1. The quantitative estimate of drug-likeness (QED) is 0.511. The van der Waals surface area contributed by atoms with Crippen LogP contribution in [0.5, 0.6) is 0 Å². The SMILES string of the molecule is CN=C(C=C(C)N)CO. The summed E-state index contributed by atoms with van der Waals surface area (Å²) >= 11 is 0. The predicted molar refractivity (Wildman–Crippen MR) is 38.4 cm³/mol. The van der Waals surface area contributed by atoms with Gasteiger partial charge in [-0.25, -0.2) is 0 Å². The van der Waals surface area contributed by atoms with Crippen LogP contribution in [0.2, 0.25) is 0 Å². The average molecular weight is 128 g/mol. The van der Waals surface area contributed by atoms with Gasteiger partial charge in [-0.1, -0.05) is 0 Å². The summed E-state index contributed by atoms with van der Waals surface area (Å²) in [5.74, 6) is 0. The Hall–Kier alpha value is -0.830. The fourth-order valence-corrected chi connectivity index (χ4v) is 0.444. The largest absolute Gasteiger partial charge is 0.402 e. The van der Waals surface area contributed by atoms with E-state index in [-0.39, 0.29) is 6.61 Å². The van der Waals surface area contributed by atoms with E-state index >= 15 is 0 Å². The standard InChI is InChI=1S/C6H12N2O/c1-5(7)3-6(4-9)8-2/h3,9H,4,7H2,1-2H3. The van der Waals surface area contributed by atoms with Crippen LogP contribution >= 0.6 is 0 Å². The molecule has 0 aliphatic carbocycles. The van der Waals surface area contributed by atoms with E-state index in [2.05, 4.69) is 4.99 Å². The minimum absolute atomic E-state index is 0.0506. The highest BCUT2D eigenvalue weighted by atomic mass is 16.3. The summed E-state index contributed by atoms with van der Waals surface area (Å²) in [4.78, 5) is 3.76. The lowest BCUT2D eigenvalue weighted by atomic mass is 10.3. The van der Waals surface area contributed by atoms with Gasteiger partial charge < -0.3 is 10.8 Å². The van der Waals surface area contributed by atoms with Crippen LogP contribution < -0.4 is 5.73 Å². The van der Waals surface area contributed by atoms with Crippen molar-refractivity contribution in [1.82, 2.24) is 0 Å². The first-order valence-corrected chi connectivity index (χ1v) is 2.71. The molecule has 0 amide bonds. The molecule has 0 aliphatic heterocycles. The second kappa shape index (κ2) is 4.09. The lowest BCUT2D eigenvalue weighted by Crippen LogP contribution is -2.03. The van der Waals surface area contributed by atoms with Gasteiger partial charge in [0.2, 0.25) is 0 Å². The smallest absolute Gasteiger partial charge is 0.0849 e. The molecular weight excluding hydrogens is 116 g/mol. The normalized spacial score (nSPS) is 14.1. The van der Waals surface area contributed by atoms with Crippen molar-refractivity contribution in [1.29, 1.82) is 0 Å². The maximum Gasteiger partial charge on any atom is 0.0849 e. The Morgan fingerprint density at radius 3 is 2.44 bits per heavy atom. The second-order valence-electron chi connectivity index (χ2n) is 1.76. The van der Waals surface area contributed by atoms with Gasteiger partial charge in [0.05, 0.1) is 12.3 Å². The molecule has 0 bridgehead atoms. The van der Waals surface area contributed by atoms with Crippen molar-refractivity contribution in [3.8, 4) is 0 Å². The molecule has 0 aromatic heterocycles. The molecule has 0 spiro atoms. The summed E-state index contributed by atoms with van der Waals surface area (Å²) in [5.41, 5.74) is 6.58. The van der Waals surface area contributed by atoms with Crippen molar-refractivity contribution in [2.75, 3.05) is 13.7 Å². The van der Waals surface area contributed by atoms with Crippen LogP contribution in [0.25, 0.3) is 0 Å². The Kier molecular flexibility index (Phi) is 3.71. The van der Waals surface area contributed by atoms with Gasteiger partial charge in [0, 0.05) is 12.7 Å². The van der Waals surface area contributed by atoms with Gasteiger partial charge in [-0.2, -0.15) is 0 Å². The van der Waals surface area contributed by atoms with E-state index in [1.807, 2.05) is 0 Å². The lowest BCUT2D eigenvalue weighted by molar-refractivity contribution is 0.358. The Morgan fingerprint density at radius 1 is 1.78 bits per heavy atom. The van der Waals surface area contributed by atoms with E-state index < -0.39 is 0 Å². The van der Waals surface area contributed by atoms with Crippen molar-refractivity contribution >= 4 is 5.71 Å². The molecule has 0 unspecified atom stereocenters. The third-order valence-electron chi connectivity index (χ3n) is 0.843. The monoisotopic (exact) mass is 128 g/mol. The van der Waals surface area contributed by atoms with Crippen LogP contribution in [0.15, 0.2) is 16.8 Å². The molecule has 0 aliphatic rings. The first kappa shape index (κ1) is 8.17. The molecule has 0 radical (unpaired) electrons. The maximum atomic E-state index is 8.54. The van der Waals surface area contributed by atoms with E-state index in [4.69, 9.17) is 10.8 Å². The van der Waals surface area contributed by atoms with Gasteiger partial charge in [-0.05, 0) is 13.0 Å². The fourth-order valence-electron chi connectivity index (χ4n) is 0.444. The topological polar surface area (TPSA) is 58.6 Å². The summed E-state index contributed by atoms with van der Waals surface area (Å²) in [6, 6.07) is 0. The zero-order valence-corrected chi connectivity index (χ0v) is 5.76. The number of rotatable bonds is 2. The zero-order chi connectivity index (χ0) is 7.28. The van der Waals surface area contributed by atoms with Gasteiger partial charge >= 0.3 is 0 Å². The Labute approximate surface area is 54.9 Å². The van der Waals surface area contributed by atoms with E-state index in [0.717, 1.165) is 0 Å². The number of nitrogens with zero attached hydrogens (tertiary/aromatic N) is 1. The summed E-state index contributed by atoms with van der Waals surface area (Å²) in [6.45, 7) is 1.70. The van der Waals surface area contributed by atoms with Crippen LogP contribution in [0.3, 0.4) is 0 Å². The number of aliphatic imine (C=N–C) groups is 1. The highest BCUT2D eigenvalue weighted by Gasteiger charge is 1.87. The Bertz CT molecular complexity index is 134. The third-order valence-corrected chi connectivity index (χ3v) is 0.843. The first-order chi connectivity index (χ1) is 4.20. The lowest BCUT2D eigenvalue weighted by Gasteiger charge is -1.92. The zero-order valence-electron chi connectivity index (χ0n) is 5.76. The number of aliphatic hydroxyl groups excluding tert-OH is 1. The number of hydrogen-bond donors (Lipinski definition) is 2. The van der Waals surface area contributed by atoms with E-state index in [0.29, 0.717) is 11.4 Å². The molecule has 52 valence electrons. The van der Waals surface area contributed by atoms with Crippen molar-refractivity contribution < 1.29 is 5.11 Å². The summed E-state index contributed by atoms with van der Waals surface area (Å²) in [5, 5.41) is 8.54. The van der Waals surface area contributed by atoms with Gasteiger partial charge in [-0.15, -0.1) is 0 Å². The van der Waals surface area contributed by atoms with Crippen LogP contribution in [-0.2, 0) is 0 Å². The van der Waals surface area contributed by atoms with Crippen LogP contribution in [0, 0.1) is 0 Å². The third kappa shape index (κ3) is 3.73. The predicted octanol–water partition coefficient (Wildman–Crippen LogP) is -0.0880. The van der Waals surface area contributed by atoms with E-state index in [1.165, 1.54) is 0 Å². The number of nitrogens with two attached hydrogens (primary N) is 1. The molecular formula is C6H12N2O. The minimum Gasteiger partial charge on any atom is -0.402 e. The van der Waals surface area contributed by atoms with Gasteiger partial charge in [0.15, 0.2) is 0 Å². The van der Waals surface area contributed by atoms with Gasteiger partial charge in [-0.3, -0.25) is 4.99 Å². The van der Waals surface area contributed by atoms with Gasteiger partial charge in [0.25, 0.3) is 0 Å². The van der Waals surface area contributed by atoms with Crippen LogP contribution in [-0.4, -0.2) is 24.5 Å².